The van der Waals surface area contributed by atoms with E-state index in [4.69, 9.17) is 19.2 Å². The zero-order valence-electron chi connectivity index (χ0n) is 19.6. The van der Waals surface area contributed by atoms with E-state index in [1.54, 1.807) is 6.33 Å². The van der Waals surface area contributed by atoms with Crippen molar-refractivity contribution in [2.45, 2.75) is 38.3 Å². The molecule has 1 N–H and O–H groups in total. The Kier molecular flexibility index (Phi) is 5.14. The Morgan fingerprint density at radius 2 is 2.00 bits per heavy atom. The first kappa shape index (κ1) is 20.8. The van der Waals surface area contributed by atoms with E-state index in [1.807, 2.05) is 28.9 Å². The molecule has 0 bridgehead atoms. The summed E-state index contributed by atoms with van der Waals surface area (Å²) >= 11 is 0. The second kappa shape index (κ2) is 8.62. The quantitative estimate of drug-likeness (QED) is 0.402. The smallest absolute Gasteiger partial charge is 0.137 e. The number of nitrogens with one attached hydrogen (secondary N) is 1. The average molecular weight is 469 g/mol. The summed E-state index contributed by atoms with van der Waals surface area (Å²) < 4.78 is 16.1. The van der Waals surface area contributed by atoms with Crippen LogP contribution in [0.2, 0.25) is 0 Å². The summed E-state index contributed by atoms with van der Waals surface area (Å²) in [6.07, 6.45) is 12.1. The lowest BCUT2D eigenvalue weighted by atomic mass is 10.1. The molecule has 4 aromatic heterocycles. The second-order valence-corrected chi connectivity index (χ2v) is 9.76. The predicted molar refractivity (Wildman–Crippen MR) is 132 cm³/mol. The molecule has 178 valence electrons. The standard InChI is InChI=1S/C27H28N6O2/c1-2-4-25-19(3-1)11-23(35-25)16-34-15-18-9-20-13-33-27(24(20)10-18)26(29-17-31-33)21-12-30-32(14-21)22-5-7-28-8-6-22/h1-4,11-14,17-18,22,28H,5-10,15-16H2. The van der Waals surface area contributed by atoms with Gasteiger partial charge in [-0.05, 0) is 68.0 Å². The molecule has 1 aliphatic carbocycles. The first-order valence-corrected chi connectivity index (χ1v) is 12.5. The maximum atomic E-state index is 6.08. The van der Waals surface area contributed by atoms with Crippen molar-refractivity contribution in [3.05, 3.63) is 72.1 Å². The molecule has 5 heterocycles. The van der Waals surface area contributed by atoms with Crippen LogP contribution in [0.4, 0.5) is 0 Å². The number of nitrogens with zero attached hydrogens (tertiary/aromatic N) is 5. The van der Waals surface area contributed by atoms with Crippen LogP contribution < -0.4 is 5.32 Å². The zero-order valence-corrected chi connectivity index (χ0v) is 19.6. The summed E-state index contributed by atoms with van der Waals surface area (Å²) in [5, 5.41) is 13.7. The van der Waals surface area contributed by atoms with Gasteiger partial charge in [-0.25, -0.2) is 9.50 Å². The van der Waals surface area contributed by atoms with Gasteiger partial charge in [0.25, 0.3) is 0 Å². The molecule has 1 saturated heterocycles. The third-order valence-corrected chi connectivity index (χ3v) is 7.40. The van der Waals surface area contributed by atoms with Crippen LogP contribution in [-0.4, -0.2) is 44.1 Å². The number of fused-ring (bicyclic) bond motifs is 4. The molecule has 0 radical (unpaired) electrons. The van der Waals surface area contributed by atoms with E-state index < -0.39 is 0 Å². The van der Waals surface area contributed by atoms with Gasteiger partial charge in [0.15, 0.2) is 0 Å². The van der Waals surface area contributed by atoms with Gasteiger partial charge in [-0.15, -0.1) is 0 Å². The lowest BCUT2D eigenvalue weighted by molar-refractivity contribution is 0.0789. The van der Waals surface area contributed by atoms with E-state index in [0.29, 0.717) is 25.2 Å². The summed E-state index contributed by atoms with van der Waals surface area (Å²) in [5.74, 6) is 1.32. The Morgan fingerprint density at radius 1 is 1.09 bits per heavy atom. The number of benzene rings is 1. The van der Waals surface area contributed by atoms with Gasteiger partial charge in [0, 0.05) is 23.3 Å². The summed E-state index contributed by atoms with van der Waals surface area (Å²) in [7, 11) is 0. The number of para-hydroxylation sites is 1. The van der Waals surface area contributed by atoms with Crippen molar-refractivity contribution in [2.75, 3.05) is 19.7 Å². The largest absolute Gasteiger partial charge is 0.459 e. The predicted octanol–water partition coefficient (Wildman–Crippen LogP) is 4.20. The second-order valence-electron chi connectivity index (χ2n) is 9.76. The van der Waals surface area contributed by atoms with E-state index in [1.165, 1.54) is 11.1 Å². The number of ether oxygens (including phenoxy) is 1. The number of furan rings is 1. The maximum Gasteiger partial charge on any atom is 0.137 e. The van der Waals surface area contributed by atoms with Crippen LogP contribution in [0, 0.1) is 5.92 Å². The molecule has 8 nitrogen and oxygen atoms in total. The van der Waals surface area contributed by atoms with E-state index in [0.717, 1.165) is 72.3 Å². The summed E-state index contributed by atoms with van der Waals surface area (Å²) in [4.78, 5) is 4.69. The van der Waals surface area contributed by atoms with Gasteiger partial charge in [-0.2, -0.15) is 10.2 Å². The Balaban J connectivity index is 1.08. The minimum Gasteiger partial charge on any atom is -0.459 e. The highest BCUT2D eigenvalue weighted by Gasteiger charge is 2.28. The number of hydrogen-bond acceptors (Lipinski definition) is 6. The number of piperidine rings is 1. The molecule has 1 fully saturated rings. The minimum absolute atomic E-state index is 0.444. The van der Waals surface area contributed by atoms with Gasteiger partial charge in [0.1, 0.15) is 30.0 Å². The van der Waals surface area contributed by atoms with E-state index >= 15 is 0 Å². The molecule has 5 aromatic rings. The van der Waals surface area contributed by atoms with E-state index in [9.17, 15) is 0 Å². The van der Waals surface area contributed by atoms with Crippen molar-refractivity contribution in [2.24, 2.45) is 5.92 Å². The fourth-order valence-electron chi connectivity index (χ4n) is 5.69. The first-order chi connectivity index (χ1) is 17.3. The molecular formula is C27H28N6O2. The molecule has 1 aliphatic heterocycles. The third-order valence-electron chi connectivity index (χ3n) is 7.40. The lowest BCUT2D eigenvalue weighted by Gasteiger charge is -2.22. The molecule has 8 heteroatoms. The van der Waals surface area contributed by atoms with Gasteiger partial charge < -0.3 is 14.5 Å². The molecule has 0 spiro atoms. The van der Waals surface area contributed by atoms with Crippen molar-refractivity contribution in [3.63, 3.8) is 0 Å². The monoisotopic (exact) mass is 468 g/mol. The van der Waals surface area contributed by atoms with E-state index in [-0.39, 0.29) is 0 Å². The highest BCUT2D eigenvalue weighted by molar-refractivity contribution is 5.80. The average Bonchev–Trinajstić information content (AvgIpc) is 3.66. The molecule has 0 amide bonds. The lowest BCUT2D eigenvalue weighted by Crippen LogP contribution is -2.29. The fourth-order valence-corrected chi connectivity index (χ4v) is 5.69. The van der Waals surface area contributed by atoms with Crippen LogP contribution in [0.15, 0.2) is 59.7 Å². The van der Waals surface area contributed by atoms with Crippen molar-refractivity contribution < 1.29 is 9.15 Å². The fraction of sp³-hybridized carbons (Fsp3) is 0.370. The van der Waals surface area contributed by atoms with Crippen LogP contribution in [0.25, 0.3) is 27.7 Å². The molecular weight excluding hydrogens is 440 g/mol. The Bertz CT molecular complexity index is 1460. The first-order valence-electron chi connectivity index (χ1n) is 12.5. The van der Waals surface area contributed by atoms with Crippen LogP contribution in [-0.2, 0) is 24.2 Å². The van der Waals surface area contributed by atoms with Crippen LogP contribution >= 0.6 is 0 Å². The number of rotatable bonds is 6. The van der Waals surface area contributed by atoms with Crippen LogP contribution in [0.5, 0.6) is 0 Å². The molecule has 1 unspecified atom stereocenters. The zero-order chi connectivity index (χ0) is 23.2. The SMILES string of the molecule is c1ccc2oc(COCC3Cc4cn5ncnc(-c6cnn(C7CCNCC7)c6)c5c4C3)cc2c1. The number of hydrogen-bond donors (Lipinski definition) is 1. The maximum absolute atomic E-state index is 6.08. The van der Waals surface area contributed by atoms with E-state index in [2.05, 4.69) is 39.6 Å². The van der Waals surface area contributed by atoms with Gasteiger partial charge in [-0.1, -0.05) is 18.2 Å². The van der Waals surface area contributed by atoms with Crippen LogP contribution in [0.1, 0.15) is 35.8 Å². The molecule has 2 aliphatic rings. The number of aromatic nitrogens is 5. The molecule has 1 aromatic carbocycles. The highest BCUT2D eigenvalue weighted by Crippen LogP contribution is 2.36. The van der Waals surface area contributed by atoms with Gasteiger partial charge in [0.05, 0.1) is 24.4 Å². The Morgan fingerprint density at radius 3 is 2.91 bits per heavy atom. The van der Waals surface area contributed by atoms with Crippen molar-refractivity contribution in [1.29, 1.82) is 0 Å². The van der Waals surface area contributed by atoms with Crippen molar-refractivity contribution in [3.8, 4) is 11.3 Å². The van der Waals surface area contributed by atoms with Crippen molar-refractivity contribution in [1.82, 2.24) is 29.7 Å². The molecule has 0 saturated carbocycles. The molecule has 35 heavy (non-hydrogen) atoms. The van der Waals surface area contributed by atoms with Gasteiger partial charge in [0.2, 0.25) is 0 Å². The summed E-state index contributed by atoms with van der Waals surface area (Å²) in [6.45, 7) is 3.29. The van der Waals surface area contributed by atoms with Gasteiger partial charge >= 0.3 is 0 Å². The summed E-state index contributed by atoms with van der Waals surface area (Å²) in [5.41, 5.74) is 6.72. The topological polar surface area (TPSA) is 82.4 Å². The highest BCUT2D eigenvalue weighted by atomic mass is 16.5. The molecule has 7 rings (SSSR count). The Labute approximate surface area is 202 Å². The molecule has 1 atom stereocenters. The van der Waals surface area contributed by atoms with Crippen molar-refractivity contribution >= 4 is 16.5 Å². The van der Waals surface area contributed by atoms with Gasteiger partial charge in [-0.3, -0.25) is 4.68 Å². The Hall–Kier alpha value is -3.49. The third kappa shape index (κ3) is 3.83. The van der Waals surface area contributed by atoms with Crippen LogP contribution in [0.3, 0.4) is 0 Å². The minimum atomic E-state index is 0.444. The summed E-state index contributed by atoms with van der Waals surface area (Å²) in [6, 6.07) is 10.6. The normalized spacial score (nSPS) is 18.6.